The highest BCUT2D eigenvalue weighted by molar-refractivity contribution is 7.14. The van der Waals surface area contributed by atoms with Crippen molar-refractivity contribution in [1.29, 1.82) is 0 Å². The highest BCUT2D eigenvalue weighted by Crippen LogP contribution is 2.23. The number of amides is 3. The smallest absolute Gasteiger partial charge is 0.338 e. The van der Waals surface area contributed by atoms with Crippen LogP contribution in [0.15, 0.2) is 35.7 Å². The number of thiophene rings is 1. The molecule has 1 aliphatic rings. The topological polar surface area (TPSA) is 119 Å². The van der Waals surface area contributed by atoms with E-state index >= 15 is 0 Å². The zero-order valence-corrected chi connectivity index (χ0v) is 15.8. The second kappa shape index (κ2) is 8.66. The van der Waals surface area contributed by atoms with Gasteiger partial charge in [0.15, 0.2) is 6.61 Å². The van der Waals surface area contributed by atoms with E-state index in [2.05, 4.69) is 5.32 Å². The number of carbonyl (C=O) groups is 4. The summed E-state index contributed by atoms with van der Waals surface area (Å²) in [6.07, 6.45) is 2.38. The number of nitrogens with one attached hydrogen (secondary N) is 1. The van der Waals surface area contributed by atoms with Gasteiger partial charge in [-0.3, -0.25) is 14.4 Å². The van der Waals surface area contributed by atoms with Gasteiger partial charge in [0, 0.05) is 18.7 Å². The van der Waals surface area contributed by atoms with Crippen molar-refractivity contribution in [2.24, 2.45) is 5.73 Å². The van der Waals surface area contributed by atoms with Crippen molar-refractivity contribution in [3.63, 3.8) is 0 Å². The molecule has 3 rings (SSSR count). The summed E-state index contributed by atoms with van der Waals surface area (Å²) in [5, 5.41) is 4.42. The zero-order valence-electron chi connectivity index (χ0n) is 15.0. The minimum Gasteiger partial charge on any atom is -0.452 e. The van der Waals surface area contributed by atoms with Gasteiger partial charge < -0.3 is 20.7 Å². The van der Waals surface area contributed by atoms with Gasteiger partial charge in [0.05, 0.1) is 11.1 Å². The first-order valence-corrected chi connectivity index (χ1v) is 9.58. The van der Waals surface area contributed by atoms with E-state index in [0.29, 0.717) is 18.0 Å². The molecule has 146 valence electrons. The van der Waals surface area contributed by atoms with Crippen LogP contribution in [0.5, 0.6) is 0 Å². The van der Waals surface area contributed by atoms with Gasteiger partial charge in [-0.15, -0.1) is 11.3 Å². The molecule has 8 nitrogen and oxygen atoms in total. The molecule has 9 heteroatoms. The van der Waals surface area contributed by atoms with E-state index in [1.165, 1.54) is 6.07 Å². The van der Waals surface area contributed by atoms with Crippen molar-refractivity contribution >= 4 is 45.7 Å². The Balaban J connectivity index is 1.54. The van der Waals surface area contributed by atoms with Gasteiger partial charge >= 0.3 is 5.97 Å². The molecule has 0 radical (unpaired) electrons. The molecule has 28 heavy (non-hydrogen) atoms. The van der Waals surface area contributed by atoms with Gasteiger partial charge in [-0.1, -0.05) is 0 Å². The summed E-state index contributed by atoms with van der Waals surface area (Å²) in [5.41, 5.74) is 6.42. The third kappa shape index (κ3) is 4.55. The molecule has 1 aliphatic heterocycles. The summed E-state index contributed by atoms with van der Waals surface area (Å²) in [7, 11) is 0. The second-order valence-electron chi connectivity index (χ2n) is 6.20. The lowest BCUT2D eigenvalue weighted by Crippen LogP contribution is -2.35. The number of ether oxygens (including phenoxy) is 1. The first-order chi connectivity index (χ1) is 13.5. The van der Waals surface area contributed by atoms with Gasteiger partial charge in [0.25, 0.3) is 11.8 Å². The normalized spacial score (nSPS) is 13.9. The van der Waals surface area contributed by atoms with Crippen molar-refractivity contribution < 1.29 is 23.9 Å². The number of nitrogens with two attached hydrogens (primary N) is 1. The number of esters is 1. The first-order valence-electron chi connectivity index (χ1n) is 8.70. The predicted molar refractivity (Wildman–Crippen MR) is 104 cm³/mol. The summed E-state index contributed by atoms with van der Waals surface area (Å²) in [5.74, 6) is -1.82. The van der Waals surface area contributed by atoms with Crippen LogP contribution in [-0.2, 0) is 14.3 Å². The molecule has 0 atom stereocenters. The molecule has 3 N–H and O–H groups in total. The minimum atomic E-state index is -0.659. The first kappa shape index (κ1) is 19.6. The third-order valence-electron chi connectivity index (χ3n) is 4.26. The molecule has 0 bridgehead atoms. The molecule has 1 aromatic carbocycles. The molecule has 2 heterocycles. The second-order valence-corrected chi connectivity index (χ2v) is 7.12. The summed E-state index contributed by atoms with van der Waals surface area (Å²) in [6.45, 7) is 0.167. The van der Waals surface area contributed by atoms with E-state index in [0.717, 1.165) is 29.9 Å². The fourth-order valence-corrected chi connectivity index (χ4v) is 3.64. The maximum Gasteiger partial charge on any atom is 0.338 e. The molecule has 0 aliphatic carbocycles. The number of rotatable bonds is 6. The van der Waals surface area contributed by atoms with Crippen LogP contribution in [0.3, 0.4) is 0 Å². The average Bonchev–Trinajstić information content (AvgIpc) is 3.15. The Bertz CT molecular complexity index is 907. The Hall–Kier alpha value is -3.20. The van der Waals surface area contributed by atoms with E-state index in [-0.39, 0.29) is 17.0 Å². The quantitative estimate of drug-likeness (QED) is 0.719. The van der Waals surface area contributed by atoms with Crippen molar-refractivity contribution in [3.05, 3.63) is 46.8 Å². The number of hydrogen-bond acceptors (Lipinski definition) is 6. The summed E-state index contributed by atoms with van der Waals surface area (Å²) in [6, 6.07) is 7.99. The van der Waals surface area contributed by atoms with E-state index in [1.54, 1.807) is 34.5 Å². The number of piperidine rings is 1. The van der Waals surface area contributed by atoms with Crippen LogP contribution in [0.25, 0.3) is 0 Å². The SMILES string of the molecule is NC(=O)c1ccsc1NC(=O)COC(=O)c1ccc(N2CCCCC2=O)cc1. The van der Waals surface area contributed by atoms with Crippen LogP contribution in [0.2, 0.25) is 0 Å². The highest BCUT2D eigenvalue weighted by atomic mass is 32.1. The maximum absolute atomic E-state index is 12.1. The van der Waals surface area contributed by atoms with Crippen molar-refractivity contribution in [1.82, 2.24) is 0 Å². The number of primary amides is 1. The standard InChI is InChI=1S/C19H19N3O5S/c20-17(25)14-8-10-28-18(14)21-15(23)11-27-19(26)12-4-6-13(7-5-12)22-9-2-1-3-16(22)24/h4-8,10H,1-3,9,11H2,(H2,20,25)(H,21,23). The molecular formula is C19H19N3O5S. The van der Waals surface area contributed by atoms with E-state index in [1.807, 2.05) is 0 Å². The number of anilines is 2. The molecule has 0 saturated carbocycles. The lowest BCUT2D eigenvalue weighted by Gasteiger charge is -2.26. The lowest BCUT2D eigenvalue weighted by molar-refractivity contribution is -0.120. The molecule has 1 saturated heterocycles. The average molecular weight is 401 g/mol. The third-order valence-corrected chi connectivity index (χ3v) is 5.09. The number of carbonyl (C=O) groups excluding carboxylic acids is 4. The molecular weight excluding hydrogens is 382 g/mol. The molecule has 1 fully saturated rings. The molecule has 0 unspecified atom stereocenters. The number of benzene rings is 1. The van der Waals surface area contributed by atoms with Crippen LogP contribution in [0.4, 0.5) is 10.7 Å². The minimum absolute atomic E-state index is 0.0714. The number of hydrogen-bond donors (Lipinski definition) is 2. The molecule has 3 amide bonds. The van der Waals surface area contributed by atoms with E-state index in [4.69, 9.17) is 10.5 Å². The fourth-order valence-electron chi connectivity index (χ4n) is 2.83. The maximum atomic E-state index is 12.1. The summed E-state index contributed by atoms with van der Waals surface area (Å²) >= 11 is 1.15. The molecule has 0 spiro atoms. The Kier molecular flexibility index (Phi) is 6.05. The van der Waals surface area contributed by atoms with Gasteiger partial charge in [-0.25, -0.2) is 4.79 Å². The highest BCUT2D eigenvalue weighted by Gasteiger charge is 2.20. The molecule has 1 aromatic heterocycles. The molecule has 2 aromatic rings. The predicted octanol–water partition coefficient (Wildman–Crippen LogP) is 2.16. The summed E-state index contributed by atoms with van der Waals surface area (Å²) in [4.78, 5) is 49.0. The number of nitrogens with zero attached hydrogens (tertiary/aromatic N) is 1. The Morgan fingerprint density at radius 3 is 2.57 bits per heavy atom. The van der Waals surface area contributed by atoms with Gasteiger partial charge in [-0.05, 0) is 48.6 Å². The fraction of sp³-hybridized carbons (Fsp3) is 0.263. The Morgan fingerprint density at radius 1 is 1.14 bits per heavy atom. The lowest BCUT2D eigenvalue weighted by atomic mass is 10.1. The van der Waals surface area contributed by atoms with Crippen molar-refractivity contribution in [3.8, 4) is 0 Å². The Morgan fingerprint density at radius 2 is 1.89 bits per heavy atom. The van der Waals surface area contributed by atoms with Crippen LogP contribution in [-0.4, -0.2) is 36.8 Å². The Labute approximate surface area is 165 Å². The van der Waals surface area contributed by atoms with Crippen molar-refractivity contribution in [2.45, 2.75) is 19.3 Å². The van der Waals surface area contributed by atoms with Crippen LogP contribution in [0.1, 0.15) is 40.0 Å². The monoisotopic (exact) mass is 401 g/mol. The van der Waals surface area contributed by atoms with E-state index < -0.39 is 24.4 Å². The van der Waals surface area contributed by atoms with Crippen LogP contribution in [0, 0.1) is 0 Å². The van der Waals surface area contributed by atoms with Crippen LogP contribution < -0.4 is 16.0 Å². The van der Waals surface area contributed by atoms with Crippen LogP contribution >= 0.6 is 11.3 Å². The van der Waals surface area contributed by atoms with Gasteiger partial charge in [0.2, 0.25) is 5.91 Å². The summed E-state index contributed by atoms with van der Waals surface area (Å²) < 4.78 is 5.00. The largest absolute Gasteiger partial charge is 0.452 e. The van der Waals surface area contributed by atoms with E-state index in [9.17, 15) is 19.2 Å². The van der Waals surface area contributed by atoms with Gasteiger partial charge in [-0.2, -0.15) is 0 Å². The van der Waals surface area contributed by atoms with Gasteiger partial charge in [0.1, 0.15) is 5.00 Å². The zero-order chi connectivity index (χ0) is 20.1. The van der Waals surface area contributed by atoms with Crippen molar-refractivity contribution in [2.75, 3.05) is 23.4 Å².